The van der Waals surface area contributed by atoms with Crippen LogP contribution in [-0.2, 0) is 0 Å². The molecule has 0 unspecified atom stereocenters. The van der Waals surface area contributed by atoms with Crippen molar-refractivity contribution >= 4 is 5.69 Å². The number of anilines is 1. The maximum atomic E-state index is 13.0. The van der Waals surface area contributed by atoms with E-state index in [9.17, 15) is 4.39 Å². The van der Waals surface area contributed by atoms with Gasteiger partial charge in [0.25, 0.3) is 0 Å². The highest BCUT2D eigenvalue weighted by Gasteiger charge is 2.01. The van der Waals surface area contributed by atoms with Gasteiger partial charge < -0.3 is 10.1 Å². The van der Waals surface area contributed by atoms with Gasteiger partial charge in [0, 0.05) is 12.6 Å². The summed E-state index contributed by atoms with van der Waals surface area (Å²) in [7, 11) is 1.56. The van der Waals surface area contributed by atoms with Gasteiger partial charge in [-0.05, 0) is 19.1 Å². The molecule has 0 saturated carbocycles. The molecule has 12 heavy (non-hydrogen) atoms. The fourth-order valence-corrected chi connectivity index (χ4v) is 0.957. The van der Waals surface area contributed by atoms with Crippen LogP contribution in [0.15, 0.2) is 18.2 Å². The Bertz CT molecular complexity index is 263. The summed E-state index contributed by atoms with van der Waals surface area (Å²) in [4.78, 5) is 0. The molecule has 0 aromatic heterocycles. The molecule has 0 amide bonds. The third-order valence-corrected chi connectivity index (χ3v) is 1.54. The van der Waals surface area contributed by atoms with E-state index in [2.05, 4.69) is 5.32 Å². The largest absolute Gasteiger partial charge is 0.497 e. The Balaban J connectivity index is 2.91. The van der Waals surface area contributed by atoms with Gasteiger partial charge in [-0.3, -0.25) is 0 Å². The topological polar surface area (TPSA) is 21.3 Å². The van der Waals surface area contributed by atoms with Gasteiger partial charge in [-0.15, -0.1) is 0 Å². The number of benzene rings is 1. The average molecular weight is 169 g/mol. The van der Waals surface area contributed by atoms with E-state index in [0.717, 1.165) is 0 Å². The first kappa shape index (κ1) is 8.84. The SMILES string of the molecule is CCNc1cc(OC)ccc1F. The van der Waals surface area contributed by atoms with E-state index in [1.165, 1.54) is 6.07 Å². The number of methoxy groups -OCH3 is 1. The quantitative estimate of drug-likeness (QED) is 0.749. The maximum absolute atomic E-state index is 13.0. The minimum Gasteiger partial charge on any atom is -0.497 e. The third kappa shape index (κ3) is 1.87. The summed E-state index contributed by atoms with van der Waals surface area (Å²) < 4.78 is 17.9. The Morgan fingerprint density at radius 2 is 2.25 bits per heavy atom. The molecule has 1 aromatic carbocycles. The van der Waals surface area contributed by atoms with Crippen LogP contribution in [0.2, 0.25) is 0 Å². The number of rotatable bonds is 3. The molecule has 0 atom stereocenters. The molecule has 3 heteroatoms. The van der Waals surface area contributed by atoms with Gasteiger partial charge in [0.15, 0.2) is 0 Å². The lowest BCUT2D eigenvalue weighted by molar-refractivity contribution is 0.414. The summed E-state index contributed by atoms with van der Waals surface area (Å²) in [6.07, 6.45) is 0. The molecular formula is C9H12FNO. The molecule has 1 N–H and O–H groups in total. The van der Waals surface area contributed by atoms with Crippen LogP contribution in [0.4, 0.5) is 10.1 Å². The lowest BCUT2D eigenvalue weighted by atomic mass is 10.3. The van der Waals surface area contributed by atoms with E-state index in [0.29, 0.717) is 18.0 Å². The van der Waals surface area contributed by atoms with Crippen LogP contribution in [0.5, 0.6) is 5.75 Å². The van der Waals surface area contributed by atoms with Gasteiger partial charge in [0.05, 0.1) is 12.8 Å². The molecule has 0 radical (unpaired) electrons. The number of hydrogen-bond acceptors (Lipinski definition) is 2. The van der Waals surface area contributed by atoms with Crippen LogP contribution in [0, 0.1) is 5.82 Å². The van der Waals surface area contributed by atoms with E-state index < -0.39 is 0 Å². The van der Waals surface area contributed by atoms with Gasteiger partial charge in [-0.1, -0.05) is 0 Å². The Kier molecular flexibility index (Phi) is 2.91. The second-order valence-corrected chi connectivity index (χ2v) is 2.38. The Morgan fingerprint density at radius 1 is 1.50 bits per heavy atom. The van der Waals surface area contributed by atoms with E-state index in [-0.39, 0.29) is 5.82 Å². The van der Waals surface area contributed by atoms with Crippen molar-refractivity contribution in [3.8, 4) is 5.75 Å². The lowest BCUT2D eigenvalue weighted by Crippen LogP contribution is -1.99. The van der Waals surface area contributed by atoms with Crippen molar-refractivity contribution in [2.75, 3.05) is 19.0 Å². The van der Waals surface area contributed by atoms with Crippen molar-refractivity contribution in [3.63, 3.8) is 0 Å². The predicted molar refractivity (Wildman–Crippen MR) is 47.1 cm³/mol. The minimum absolute atomic E-state index is 0.252. The molecule has 0 saturated heterocycles. The van der Waals surface area contributed by atoms with E-state index in [4.69, 9.17) is 4.74 Å². The molecule has 0 heterocycles. The Labute approximate surface area is 71.4 Å². The summed E-state index contributed by atoms with van der Waals surface area (Å²) in [5, 5.41) is 2.90. The van der Waals surface area contributed by atoms with Crippen LogP contribution >= 0.6 is 0 Å². The Morgan fingerprint density at radius 3 is 2.83 bits per heavy atom. The molecular weight excluding hydrogens is 157 g/mol. The summed E-state index contributed by atoms with van der Waals surface area (Å²) in [6.45, 7) is 2.61. The fraction of sp³-hybridized carbons (Fsp3) is 0.333. The van der Waals surface area contributed by atoms with Crippen LogP contribution < -0.4 is 10.1 Å². The van der Waals surface area contributed by atoms with Gasteiger partial charge >= 0.3 is 0 Å². The van der Waals surface area contributed by atoms with Crippen molar-refractivity contribution in [1.29, 1.82) is 0 Å². The third-order valence-electron chi connectivity index (χ3n) is 1.54. The molecule has 0 bridgehead atoms. The lowest BCUT2D eigenvalue weighted by Gasteiger charge is -2.06. The molecule has 0 aliphatic carbocycles. The zero-order valence-corrected chi connectivity index (χ0v) is 7.23. The van der Waals surface area contributed by atoms with E-state index in [1.54, 1.807) is 19.2 Å². The highest BCUT2D eigenvalue weighted by Crippen LogP contribution is 2.20. The summed E-state index contributed by atoms with van der Waals surface area (Å²) in [5.74, 6) is 0.407. The summed E-state index contributed by atoms with van der Waals surface area (Å²) in [6, 6.07) is 4.62. The molecule has 2 nitrogen and oxygen atoms in total. The molecule has 66 valence electrons. The second kappa shape index (κ2) is 3.95. The van der Waals surface area contributed by atoms with Crippen LogP contribution in [0.3, 0.4) is 0 Å². The second-order valence-electron chi connectivity index (χ2n) is 2.38. The maximum Gasteiger partial charge on any atom is 0.146 e. The van der Waals surface area contributed by atoms with Gasteiger partial charge in [0.2, 0.25) is 0 Å². The number of nitrogens with one attached hydrogen (secondary N) is 1. The predicted octanol–water partition coefficient (Wildman–Crippen LogP) is 2.27. The summed E-state index contributed by atoms with van der Waals surface area (Å²) in [5.41, 5.74) is 0.483. The molecule has 1 rings (SSSR count). The fourth-order valence-electron chi connectivity index (χ4n) is 0.957. The normalized spacial score (nSPS) is 9.58. The molecule has 0 aliphatic heterocycles. The first-order valence-corrected chi connectivity index (χ1v) is 3.85. The first-order chi connectivity index (χ1) is 5.77. The highest BCUT2D eigenvalue weighted by atomic mass is 19.1. The Hall–Kier alpha value is -1.25. The zero-order chi connectivity index (χ0) is 8.97. The first-order valence-electron chi connectivity index (χ1n) is 3.85. The van der Waals surface area contributed by atoms with Crippen molar-refractivity contribution in [3.05, 3.63) is 24.0 Å². The van der Waals surface area contributed by atoms with Gasteiger partial charge in [-0.25, -0.2) is 4.39 Å². The van der Waals surface area contributed by atoms with Crippen molar-refractivity contribution in [2.45, 2.75) is 6.92 Å². The van der Waals surface area contributed by atoms with Crippen molar-refractivity contribution in [1.82, 2.24) is 0 Å². The average Bonchev–Trinajstić information content (AvgIpc) is 2.09. The van der Waals surface area contributed by atoms with Gasteiger partial charge in [0.1, 0.15) is 11.6 Å². The highest BCUT2D eigenvalue weighted by molar-refractivity contribution is 5.49. The van der Waals surface area contributed by atoms with Crippen molar-refractivity contribution in [2.24, 2.45) is 0 Å². The zero-order valence-electron chi connectivity index (χ0n) is 7.23. The van der Waals surface area contributed by atoms with Crippen LogP contribution in [0.25, 0.3) is 0 Å². The van der Waals surface area contributed by atoms with E-state index >= 15 is 0 Å². The van der Waals surface area contributed by atoms with Gasteiger partial charge in [-0.2, -0.15) is 0 Å². The molecule has 0 aliphatic rings. The summed E-state index contributed by atoms with van der Waals surface area (Å²) >= 11 is 0. The number of ether oxygens (including phenoxy) is 1. The molecule has 0 spiro atoms. The monoisotopic (exact) mass is 169 g/mol. The number of halogens is 1. The van der Waals surface area contributed by atoms with E-state index in [1.807, 2.05) is 6.92 Å². The number of hydrogen-bond donors (Lipinski definition) is 1. The molecule has 1 aromatic rings. The minimum atomic E-state index is -0.252. The van der Waals surface area contributed by atoms with Crippen LogP contribution in [-0.4, -0.2) is 13.7 Å². The van der Waals surface area contributed by atoms with Crippen molar-refractivity contribution < 1.29 is 9.13 Å². The standard InChI is InChI=1S/C9H12FNO/c1-3-11-9-6-7(12-2)4-5-8(9)10/h4-6,11H,3H2,1-2H3. The molecule has 0 fully saturated rings. The smallest absolute Gasteiger partial charge is 0.146 e. The van der Waals surface area contributed by atoms with Crippen LogP contribution in [0.1, 0.15) is 6.92 Å².